The third-order valence-corrected chi connectivity index (χ3v) is 6.07. The Hall–Kier alpha value is -3.61. The summed E-state index contributed by atoms with van der Waals surface area (Å²) in [6.07, 6.45) is 1.91. The van der Waals surface area contributed by atoms with Crippen LogP contribution < -0.4 is 14.8 Å². The highest BCUT2D eigenvalue weighted by Gasteiger charge is 2.43. The first-order valence-corrected chi connectivity index (χ1v) is 10.8. The summed E-state index contributed by atoms with van der Waals surface area (Å²) in [4.78, 5) is 25.6. The maximum atomic E-state index is 13.5. The van der Waals surface area contributed by atoms with E-state index in [2.05, 4.69) is 11.9 Å². The number of carbonyl (C=O) groups is 2. The highest BCUT2D eigenvalue weighted by Crippen LogP contribution is 2.46. The van der Waals surface area contributed by atoms with Gasteiger partial charge in [-0.1, -0.05) is 24.8 Å². The SMILES string of the molecule is C=C1NC2=C(C(=O)CCC2)C(c2ccc(OCc3cccc(F)c3)c(OC)c2)C1C(=O)OC. The van der Waals surface area contributed by atoms with Crippen LogP contribution in [0.3, 0.4) is 0 Å². The lowest BCUT2D eigenvalue weighted by atomic mass is 9.71. The number of ether oxygens (including phenoxy) is 3. The normalized spacial score (nSPS) is 20.1. The van der Waals surface area contributed by atoms with Crippen LogP contribution in [0.25, 0.3) is 0 Å². The molecular weight excluding hydrogens is 425 g/mol. The van der Waals surface area contributed by atoms with Crippen LogP contribution in [0, 0.1) is 11.7 Å². The third kappa shape index (κ3) is 4.49. The Kier molecular flexibility index (Phi) is 6.49. The van der Waals surface area contributed by atoms with Gasteiger partial charge in [0, 0.05) is 29.3 Å². The van der Waals surface area contributed by atoms with E-state index in [1.54, 1.807) is 24.3 Å². The predicted octanol–water partition coefficient (Wildman–Crippen LogP) is 4.41. The van der Waals surface area contributed by atoms with Crippen molar-refractivity contribution in [3.05, 3.63) is 83.0 Å². The number of ketones is 1. The van der Waals surface area contributed by atoms with Crippen LogP contribution in [0.4, 0.5) is 4.39 Å². The number of benzene rings is 2. The molecule has 1 aliphatic carbocycles. The summed E-state index contributed by atoms with van der Waals surface area (Å²) >= 11 is 0. The number of hydrogen-bond acceptors (Lipinski definition) is 6. The van der Waals surface area contributed by atoms with Gasteiger partial charge in [-0.05, 0) is 48.2 Å². The molecule has 0 saturated carbocycles. The Morgan fingerprint density at radius 2 is 1.97 bits per heavy atom. The van der Waals surface area contributed by atoms with Crippen molar-refractivity contribution in [2.24, 2.45) is 5.92 Å². The second-order valence-corrected chi connectivity index (χ2v) is 8.13. The van der Waals surface area contributed by atoms with Gasteiger partial charge in [0.1, 0.15) is 18.3 Å². The fraction of sp³-hybridized carbons (Fsp3) is 0.308. The van der Waals surface area contributed by atoms with Gasteiger partial charge in [-0.2, -0.15) is 0 Å². The van der Waals surface area contributed by atoms with Gasteiger partial charge in [-0.25, -0.2) is 4.39 Å². The zero-order chi connectivity index (χ0) is 23.5. The van der Waals surface area contributed by atoms with E-state index in [1.807, 2.05) is 6.07 Å². The van der Waals surface area contributed by atoms with E-state index in [9.17, 15) is 14.0 Å². The fourth-order valence-electron chi connectivity index (χ4n) is 4.54. The molecule has 0 bridgehead atoms. The summed E-state index contributed by atoms with van der Waals surface area (Å²) in [6.45, 7) is 4.21. The Labute approximate surface area is 192 Å². The molecule has 33 heavy (non-hydrogen) atoms. The molecule has 6 nitrogen and oxygen atoms in total. The molecule has 2 atom stereocenters. The van der Waals surface area contributed by atoms with Gasteiger partial charge in [0.15, 0.2) is 17.3 Å². The van der Waals surface area contributed by atoms with Crippen molar-refractivity contribution in [3.63, 3.8) is 0 Å². The van der Waals surface area contributed by atoms with E-state index in [-0.39, 0.29) is 18.2 Å². The zero-order valence-corrected chi connectivity index (χ0v) is 18.7. The molecule has 0 amide bonds. The van der Waals surface area contributed by atoms with Crippen molar-refractivity contribution in [3.8, 4) is 11.5 Å². The Bertz CT molecular complexity index is 1140. The Morgan fingerprint density at radius 3 is 2.70 bits per heavy atom. The minimum absolute atomic E-state index is 0.0144. The van der Waals surface area contributed by atoms with E-state index in [1.165, 1.54) is 26.4 Å². The molecule has 172 valence electrons. The number of esters is 1. The molecule has 0 fully saturated rings. The molecule has 2 unspecified atom stereocenters. The molecule has 2 aromatic carbocycles. The van der Waals surface area contributed by atoms with E-state index in [0.717, 1.165) is 24.1 Å². The molecule has 0 spiro atoms. The van der Waals surface area contributed by atoms with Gasteiger partial charge in [0.2, 0.25) is 0 Å². The molecule has 2 aromatic rings. The second-order valence-electron chi connectivity index (χ2n) is 8.13. The van der Waals surface area contributed by atoms with Crippen molar-refractivity contribution in [2.75, 3.05) is 14.2 Å². The van der Waals surface area contributed by atoms with Crippen molar-refractivity contribution < 1.29 is 28.2 Å². The summed E-state index contributed by atoms with van der Waals surface area (Å²) in [6, 6.07) is 11.5. The highest BCUT2D eigenvalue weighted by atomic mass is 19.1. The number of Topliss-reactive ketones (excluding diaryl/α,β-unsaturated/α-hetero) is 1. The monoisotopic (exact) mass is 451 g/mol. The van der Waals surface area contributed by atoms with Gasteiger partial charge in [-0.15, -0.1) is 0 Å². The first-order valence-electron chi connectivity index (χ1n) is 10.8. The minimum atomic E-state index is -0.750. The minimum Gasteiger partial charge on any atom is -0.493 e. The summed E-state index contributed by atoms with van der Waals surface area (Å²) in [5, 5.41) is 3.17. The second kappa shape index (κ2) is 9.48. The van der Waals surface area contributed by atoms with Crippen LogP contribution in [0.15, 0.2) is 66.0 Å². The van der Waals surface area contributed by atoms with Crippen molar-refractivity contribution in [2.45, 2.75) is 31.8 Å². The molecule has 1 N–H and O–H groups in total. The number of halogens is 1. The fourth-order valence-corrected chi connectivity index (χ4v) is 4.54. The van der Waals surface area contributed by atoms with Crippen LogP contribution in [0.2, 0.25) is 0 Å². The maximum absolute atomic E-state index is 13.5. The standard InChI is InChI=1S/C26H26FNO5/c1-15-23(26(30)32-3)24(25-19(28-15)8-5-9-20(25)29)17-10-11-21(22(13-17)31-2)33-14-16-6-4-7-18(27)12-16/h4,6-7,10-13,23-24,28H,1,5,8-9,14H2,2-3H3. The van der Waals surface area contributed by atoms with E-state index in [0.29, 0.717) is 34.8 Å². The van der Waals surface area contributed by atoms with Crippen molar-refractivity contribution >= 4 is 11.8 Å². The van der Waals surface area contributed by atoms with Crippen LogP contribution in [0.1, 0.15) is 36.3 Å². The third-order valence-electron chi connectivity index (χ3n) is 6.07. The van der Waals surface area contributed by atoms with E-state index < -0.39 is 17.8 Å². The molecule has 0 aromatic heterocycles. The first kappa shape index (κ1) is 22.6. The van der Waals surface area contributed by atoms with Gasteiger partial charge in [0.05, 0.1) is 14.2 Å². The lowest BCUT2D eigenvalue weighted by Gasteiger charge is -2.38. The van der Waals surface area contributed by atoms with Gasteiger partial charge in [-0.3, -0.25) is 9.59 Å². The van der Waals surface area contributed by atoms with Crippen LogP contribution >= 0.6 is 0 Å². The number of rotatable bonds is 6. The van der Waals surface area contributed by atoms with Gasteiger partial charge < -0.3 is 19.5 Å². The first-order chi connectivity index (χ1) is 15.9. The smallest absolute Gasteiger partial charge is 0.315 e. The molecule has 2 aliphatic rings. The number of carbonyl (C=O) groups excluding carboxylic acids is 2. The zero-order valence-electron chi connectivity index (χ0n) is 18.7. The molecule has 7 heteroatoms. The summed E-state index contributed by atoms with van der Waals surface area (Å²) in [7, 11) is 2.84. The lowest BCUT2D eigenvalue weighted by molar-refractivity contribution is -0.144. The largest absolute Gasteiger partial charge is 0.493 e. The maximum Gasteiger partial charge on any atom is 0.315 e. The van der Waals surface area contributed by atoms with Crippen LogP contribution in [-0.4, -0.2) is 26.0 Å². The number of allylic oxidation sites excluding steroid dienone is 2. The van der Waals surface area contributed by atoms with Crippen LogP contribution in [0.5, 0.6) is 11.5 Å². The Balaban J connectivity index is 1.71. The predicted molar refractivity (Wildman–Crippen MR) is 120 cm³/mol. The average molecular weight is 451 g/mol. The Morgan fingerprint density at radius 1 is 1.15 bits per heavy atom. The number of nitrogens with one attached hydrogen (secondary N) is 1. The number of hydrogen-bond donors (Lipinski definition) is 1. The van der Waals surface area contributed by atoms with Crippen molar-refractivity contribution in [1.82, 2.24) is 5.32 Å². The summed E-state index contributed by atoms with van der Waals surface area (Å²) in [5.74, 6) is -1.16. The highest BCUT2D eigenvalue weighted by molar-refractivity contribution is 6.00. The van der Waals surface area contributed by atoms with Gasteiger partial charge in [0.25, 0.3) is 0 Å². The molecule has 0 saturated heterocycles. The van der Waals surface area contributed by atoms with E-state index in [4.69, 9.17) is 14.2 Å². The quantitative estimate of drug-likeness (QED) is 0.656. The molecule has 1 aliphatic heterocycles. The summed E-state index contributed by atoms with van der Waals surface area (Å²) < 4.78 is 29.9. The molecule has 4 rings (SSSR count). The molecule has 1 heterocycles. The van der Waals surface area contributed by atoms with Gasteiger partial charge >= 0.3 is 5.97 Å². The van der Waals surface area contributed by atoms with E-state index >= 15 is 0 Å². The van der Waals surface area contributed by atoms with Crippen LogP contribution in [-0.2, 0) is 20.9 Å². The number of methoxy groups -OCH3 is 2. The average Bonchev–Trinajstić information content (AvgIpc) is 2.81. The molecular formula is C26H26FNO5. The summed E-state index contributed by atoms with van der Waals surface area (Å²) in [5.41, 5.74) is 3.33. The van der Waals surface area contributed by atoms with Crippen molar-refractivity contribution in [1.29, 1.82) is 0 Å². The topological polar surface area (TPSA) is 73.9 Å². The lowest BCUT2D eigenvalue weighted by Crippen LogP contribution is -2.40. The molecule has 0 radical (unpaired) electrons.